The van der Waals surface area contributed by atoms with Gasteiger partial charge in [-0.15, -0.1) is 0 Å². The number of ether oxygens (including phenoxy) is 1. The smallest absolute Gasteiger partial charge is 0.341 e. The van der Waals surface area contributed by atoms with Gasteiger partial charge in [-0.25, -0.2) is 4.79 Å². The average molecular weight is 346 g/mol. The molecule has 0 unspecified atom stereocenters. The first-order valence-electron chi connectivity index (χ1n) is 8.26. The number of carbonyl (C=O) groups is 1. The maximum atomic E-state index is 10.7. The van der Waals surface area contributed by atoms with Crippen molar-refractivity contribution in [1.82, 2.24) is 10.1 Å². The highest BCUT2D eigenvalue weighted by Crippen LogP contribution is 2.26. The lowest BCUT2D eigenvalue weighted by Gasteiger charge is -2.17. The molecule has 1 aliphatic heterocycles. The zero-order valence-corrected chi connectivity index (χ0v) is 14.1. The van der Waals surface area contributed by atoms with Crippen LogP contribution in [0.4, 0.5) is 0 Å². The van der Waals surface area contributed by atoms with Crippen molar-refractivity contribution in [3.63, 3.8) is 0 Å². The first kappa shape index (κ1) is 17.4. The Morgan fingerprint density at radius 2 is 2.20 bits per heavy atom. The second kappa shape index (κ2) is 7.67. The van der Waals surface area contributed by atoms with E-state index in [0.717, 1.165) is 23.6 Å². The highest BCUT2D eigenvalue weighted by Gasteiger charge is 2.32. The molecule has 25 heavy (non-hydrogen) atoms. The normalized spacial score (nSPS) is 20.7. The molecule has 1 aliphatic rings. The van der Waals surface area contributed by atoms with Crippen molar-refractivity contribution < 1.29 is 24.3 Å². The number of aliphatic hydroxyl groups excluding tert-OH is 1. The predicted molar refractivity (Wildman–Crippen MR) is 89.3 cm³/mol. The Balaban J connectivity index is 1.61. The summed E-state index contributed by atoms with van der Waals surface area (Å²) in [6, 6.07) is 9.28. The summed E-state index contributed by atoms with van der Waals surface area (Å²) in [5, 5.41) is 23.0. The number of aliphatic carboxylic acids is 1. The van der Waals surface area contributed by atoms with Gasteiger partial charge in [0.15, 0.2) is 6.61 Å². The molecule has 0 saturated carbocycles. The van der Waals surface area contributed by atoms with Crippen LogP contribution >= 0.6 is 0 Å². The minimum Gasteiger partial charge on any atom is -0.482 e. The third kappa shape index (κ3) is 4.58. The van der Waals surface area contributed by atoms with Crippen LogP contribution in [0, 0.1) is 12.8 Å². The molecular weight excluding hydrogens is 324 g/mol. The van der Waals surface area contributed by atoms with E-state index in [9.17, 15) is 9.90 Å². The summed E-state index contributed by atoms with van der Waals surface area (Å²) in [5.41, 5.74) is 1.75. The lowest BCUT2D eigenvalue weighted by molar-refractivity contribution is -0.139. The number of aryl methyl sites for hydroxylation is 1. The molecule has 1 aromatic carbocycles. The third-order valence-corrected chi connectivity index (χ3v) is 4.34. The van der Waals surface area contributed by atoms with E-state index in [-0.39, 0.29) is 12.5 Å². The number of benzene rings is 1. The summed E-state index contributed by atoms with van der Waals surface area (Å²) in [6.07, 6.45) is 0.216. The highest BCUT2D eigenvalue weighted by atomic mass is 16.5. The Bertz CT molecular complexity index is 730. The molecule has 0 spiro atoms. The van der Waals surface area contributed by atoms with Crippen LogP contribution in [0.3, 0.4) is 0 Å². The predicted octanol–water partition coefficient (Wildman–Crippen LogP) is 1.48. The van der Waals surface area contributed by atoms with Crippen LogP contribution in [0.5, 0.6) is 5.75 Å². The Labute approximate surface area is 145 Å². The topological polar surface area (TPSA) is 96.0 Å². The number of para-hydroxylation sites is 1. The summed E-state index contributed by atoms with van der Waals surface area (Å²) >= 11 is 0. The van der Waals surface area contributed by atoms with Gasteiger partial charge < -0.3 is 19.5 Å². The van der Waals surface area contributed by atoms with Gasteiger partial charge in [0, 0.05) is 43.6 Å². The molecule has 0 amide bonds. The zero-order chi connectivity index (χ0) is 17.8. The fourth-order valence-corrected chi connectivity index (χ4v) is 3.20. The number of carboxylic acids is 1. The molecule has 2 N–H and O–H groups in total. The van der Waals surface area contributed by atoms with Gasteiger partial charge in [0.25, 0.3) is 0 Å². The van der Waals surface area contributed by atoms with Crippen molar-refractivity contribution >= 4 is 5.97 Å². The van der Waals surface area contributed by atoms with E-state index in [2.05, 4.69) is 10.1 Å². The second-order valence-corrected chi connectivity index (χ2v) is 6.45. The number of hydrogen-bond donors (Lipinski definition) is 2. The molecule has 1 fully saturated rings. The van der Waals surface area contributed by atoms with Crippen LogP contribution in [-0.2, 0) is 17.8 Å². The number of carboxylic acid groups (broad SMARTS) is 1. The van der Waals surface area contributed by atoms with E-state index >= 15 is 0 Å². The van der Waals surface area contributed by atoms with Gasteiger partial charge in [-0.2, -0.15) is 0 Å². The molecule has 0 bridgehead atoms. The van der Waals surface area contributed by atoms with Gasteiger partial charge in [-0.3, -0.25) is 4.90 Å². The number of rotatable bonds is 7. The molecule has 2 atom stereocenters. The molecule has 0 aliphatic carbocycles. The number of β-amino-alcohol motifs (C(OH)–C–C–N with tert-alkyl or cyclic N) is 1. The van der Waals surface area contributed by atoms with Crippen LogP contribution in [0.15, 0.2) is 34.9 Å². The molecule has 1 saturated heterocycles. The van der Waals surface area contributed by atoms with Crippen LogP contribution < -0.4 is 4.74 Å². The van der Waals surface area contributed by atoms with E-state index < -0.39 is 12.1 Å². The summed E-state index contributed by atoms with van der Waals surface area (Å²) in [4.78, 5) is 12.8. The maximum Gasteiger partial charge on any atom is 0.341 e. The van der Waals surface area contributed by atoms with E-state index in [0.29, 0.717) is 25.3 Å². The van der Waals surface area contributed by atoms with Gasteiger partial charge in [0.05, 0.1) is 11.8 Å². The van der Waals surface area contributed by atoms with Crippen molar-refractivity contribution in [2.24, 2.45) is 5.92 Å². The fraction of sp³-hybridized carbons (Fsp3) is 0.444. The molecule has 134 valence electrons. The first-order chi connectivity index (χ1) is 12.0. The Kier molecular flexibility index (Phi) is 5.35. The molecule has 0 radical (unpaired) electrons. The third-order valence-electron chi connectivity index (χ3n) is 4.34. The molecule has 1 aromatic heterocycles. The minimum absolute atomic E-state index is 0.0828. The maximum absolute atomic E-state index is 10.7. The lowest BCUT2D eigenvalue weighted by atomic mass is 10.0. The van der Waals surface area contributed by atoms with Crippen LogP contribution in [0.2, 0.25) is 0 Å². The van der Waals surface area contributed by atoms with E-state index in [1.165, 1.54) is 0 Å². The summed E-state index contributed by atoms with van der Waals surface area (Å²) in [5.74, 6) is 0.426. The van der Waals surface area contributed by atoms with Crippen LogP contribution in [0.25, 0.3) is 0 Å². The SMILES string of the molecule is Cc1cc(C[C@@H]2CN(Cc3ccccc3OCC(=O)O)C[C@H]2O)on1. The number of nitrogens with zero attached hydrogens (tertiary/aromatic N) is 2. The number of aliphatic hydroxyl groups is 1. The van der Waals surface area contributed by atoms with Gasteiger partial charge in [0.1, 0.15) is 11.5 Å². The van der Waals surface area contributed by atoms with Crippen molar-refractivity contribution in [1.29, 1.82) is 0 Å². The summed E-state index contributed by atoms with van der Waals surface area (Å²) < 4.78 is 10.6. The number of likely N-dealkylation sites (tertiary alicyclic amines) is 1. The lowest BCUT2D eigenvalue weighted by Crippen LogP contribution is -2.22. The molecular formula is C18H22N2O5. The molecule has 2 heterocycles. The van der Waals surface area contributed by atoms with Gasteiger partial charge >= 0.3 is 5.97 Å². The fourth-order valence-electron chi connectivity index (χ4n) is 3.20. The number of hydrogen-bond acceptors (Lipinski definition) is 6. The van der Waals surface area contributed by atoms with Crippen LogP contribution in [-0.4, -0.2) is 52.0 Å². The Morgan fingerprint density at radius 1 is 1.40 bits per heavy atom. The largest absolute Gasteiger partial charge is 0.482 e. The highest BCUT2D eigenvalue weighted by molar-refractivity contribution is 5.68. The quantitative estimate of drug-likeness (QED) is 0.784. The van der Waals surface area contributed by atoms with Gasteiger partial charge in [0.2, 0.25) is 0 Å². The Morgan fingerprint density at radius 3 is 2.92 bits per heavy atom. The van der Waals surface area contributed by atoms with E-state index in [4.69, 9.17) is 14.4 Å². The average Bonchev–Trinajstić information content (AvgIpc) is 3.12. The van der Waals surface area contributed by atoms with Crippen molar-refractivity contribution in [2.75, 3.05) is 19.7 Å². The van der Waals surface area contributed by atoms with Crippen molar-refractivity contribution in [2.45, 2.75) is 26.0 Å². The first-order valence-corrected chi connectivity index (χ1v) is 8.26. The summed E-state index contributed by atoms with van der Waals surface area (Å²) in [6.45, 7) is 3.39. The van der Waals surface area contributed by atoms with E-state index in [1.54, 1.807) is 6.07 Å². The van der Waals surface area contributed by atoms with Crippen molar-refractivity contribution in [3.8, 4) is 5.75 Å². The molecule has 7 nitrogen and oxygen atoms in total. The van der Waals surface area contributed by atoms with Gasteiger partial charge in [-0.05, 0) is 13.0 Å². The minimum atomic E-state index is -1.01. The standard InChI is InChI=1S/C18H22N2O5/c1-12-6-15(25-19-12)7-14-9-20(10-16(14)21)8-13-4-2-3-5-17(13)24-11-18(22)23/h2-6,14,16,21H,7-11H2,1H3,(H,22,23)/t14-,16-/m1/s1. The monoisotopic (exact) mass is 346 g/mol. The Hall–Kier alpha value is -2.38. The molecule has 7 heteroatoms. The second-order valence-electron chi connectivity index (χ2n) is 6.45. The van der Waals surface area contributed by atoms with Crippen LogP contribution in [0.1, 0.15) is 17.0 Å². The van der Waals surface area contributed by atoms with Crippen molar-refractivity contribution in [3.05, 3.63) is 47.3 Å². The molecule has 3 rings (SSSR count). The van der Waals surface area contributed by atoms with Gasteiger partial charge in [-0.1, -0.05) is 23.4 Å². The zero-order valence-electron chi connectivity index (χ0n) is 14.1. The number of aromatic nitrogens is 1. The molecule has 2 aromatic rings. The van der Waals surface area contributed by atoms with E-state index in [1.807, 2.05) is 31.2 Å². The summed E-state index contributed by atoms with van der Waals surface area (Å²) in [7, 11) is 0.